The Kier molecular flexibility index (Phi) is 6.08. The van der Waals surface area contributed by atoms with E-state index in [-0.39, 0.29) is 11.3 Å². The largest absolute Gasteiger partial charge is 0.418 e. The Balaban J connectivity index is 1.75. The molecule has 10 heteroatoms. The van der Waals surface area contributed by atoms with Gasteiger partial charge in [0.1, 0.15) is 6.04 Å². The minimum atomic E-state index is -4.63. The number of nitrogens with zero attached hydrogens (tertiary/aromatic N) is 3. The fourth-order valence-electron chi connectivity index (χ4n) is 4.18. The van der Waals surface area contributed by atoms with Crippen molar-refractivity contribution in [2.24, 2.45) is 5.92 Å². The summed E-state index contributed by atoms with van der Waals surface area (Å²) in [5.74, 6) is -0.166. The number of aromatic nitrogens is 3. The number of anilines is 1. The second-order valence-corrected chi connectivity index (χ2v) is 8.63. The lowest BCUT2D eigenvalue weighted by molar-refractivity contribution is -0.136. The molecule has 31 heavy (non-hydrogen) atoms. The van der Waals surface area contributed by atoms with Gasteiger partial charge in [-0.05, 0) is 24.5 Å². The highest BCUT2D eigenvalue weighted by Crippen LogP contribution is 2.34. The van der Waals surface area contributed by atoms with Crippen LogP contribution in [-0.4, -0.2) is 20.4 Å². The molecule has 1 amide bonds. The normalized spacial score (nSPS) is 16.4. The van der Waals surface area contributed by atoms with Gasteiger partial charge in [-0.2, -0.15) is 13.2 Å². The van der Waals surface area contributed by atoms with Crippen molar-refractivity contribution >= 4 is 33.3 Å². The molecular weight excluding hydrogens is 429 g/mol. The number of carbonyl (C=O) groups is 1. The van der Waals surface area contributed by atoms with Gasteiger partial charge < -0.3 is 5.32 Å². The summed E-state index contributed by atoms with van der Waals surface area (Å²) >= 11 is 1.25. The first-order valence-electron chi connectivity index (χ1n) is 10.1. The number of alkyl halides is 3. The first-order valence-corrected chi connectivity index (χ1v) is 11.0. The average Bonchev–Trinajstić information content (AvgIpc) is 3.25. The van der Waals surface area contributed by atoms with E-state index in [1.165, 1.54) is 28.0 Å². The molecule has 6 nitrogen and oxygen atoms in total. The number of amides is 1. The average molecular weight is 450 g/mol. The van der Waals surface area contributed by atoms with E-state index in [9.17, 15) is 22.8 Å². The molecule has 2 aromatic heterocycles. The number of rotatable bonds is 5. The predicted molar refractivity (Wildman–Crippen MR) is 112 cm³/mol. The Morgan fingerprint density at radius 1 is 1.23 bits per heavy atom. The van der Waals surface area contributed by atoms with Crippen LogP contribution in [0.15, 0.2) is 40.9 Å². The summed E-state index contributed by atoms with van der Waals surface area (Å²) < 4.78 is 41.2. The zero-order valence-corrected chi connectivity index (χ0v) is 17.4. The number of halogens is 3. The molecule has 1 fully saturated rings. The maximum atomic E-state index is 13.3. The fourth-order valence-corrected chi connectivity index (χ4v) is 4.71. The van der Waals surface area contributed by atoms with Gasteiger partial charge in [-0.1, -0.05) is 38.2 Å². The lowest BCUT2D eigenvalue weighted by Gasteiger charge is -2.27. The van der Waals surface area contributed by atoms with Crippen molar-refractivity contribution in [1.82, 2.24) is 14.5 Å². The van der Waals surface area contributed by atoms with Crippen LogP contribution >= 0.6 is 11.3 Å². The van der Waals surface area contributed by atoms with Crippen LogP contribution in [0.1, 0.15) is 50.1 Å². The summed E-state index contributed by atoms with van der Waals surface area (Å²) in [6, 6.07) is 2.51. The number of thiazole rings is 1. The van der Waals surface area contributed by atoms with E-state index in [1.54, 1.807) is 11.6 Å². The van der Waals surface area contributed by atoms with Crippen LogP contribution in [0.2, 0.25) is 0 Å². The Bertz CT molecular complexity index is 1120. The Morgan fingerprint density at radius 3 is 2.68 bits per heavy atom. The molecule has 0 saturated heterocycles. The topological polar surface area (TPSA) is 76.9 Å². The van der Waals surface area contributed by atoms with Crippen LogP contribution in [0, 0.1) is 5.92 Å². The van der Waals surface area contributed by atoms with E-state index in [1.807, 2.05) is 0 Å². The van der Waals surface area contributed by atoms with Crippen molar-refractivity contribution < 1.29 is 18.0 Å². The van der Waals surface area contributed by atoms with Crippen molar-refractivity contribution in [3.8, 4) is 0 Å². The van der Waals surface area contributed by atoms with E-state index in [4.69, 9.17) is 0 Å². The molecular formula is C21H21F3N4O2S. The Hall–Kier alpha value is -2.75. The van der Waals surface area contributed by atoms with Gasteiger partial charge in [0.05, 0.1) is 22.8 Å². The van der Waals surface area contributed by atoms with Crippen LogP contribution in [-0.2, 0) is 11.0 Å². The summed E-state index contributed by atoms with van der Waals surface area (Å²) in [5, 5.41) is 4.68. The van der Waals surface area contributed by atoms with Gasteiger partial charge in [-0.25, -0.2) is 9.97 Å². The zero-order chi connectivity index (χ0) is 22.0. The number of fused-ring (bicyclic) bond motifs is 1. The summed E-state index contributed by atoms with van der Waals surface area (Å²) in [6.45, 7) is 0. The van der Waals surface area contributed by atoms with E-state index in [2.05, 4.69) is 15.3 Å². The molecule has 1 atom stereocenters. The summed E-state index contributed by atoms with van der Waals surface area (Å²) in [4.78, 5) is 34.2. The number of hydrogen-bond donors (Lipinski definition) is 1. The van der Waals surface area contributed by atoms with Gasteiger partial charge in [0.2, 0.25) is 5.91 Å². The lowest BCUT2D eigenvalue weighted by atomic mass is 9.84. The molecule has 1 aliphatic carbocycles. The number of carbonyl (C=O) groups excluding carboxylic acids is 1. The number of hydrogen-bond acceptors (Lipinski definition) is 5. The van der Waals surface area contributed by atoms with Crippen LogP contribution in [0.3, 0.4) is 0 Å². The SMILES string of the molecule is O=C(Nc1nccs1)C(CC1CCCCC1)n1cnc2c(C(F)(F)F)cccc2c1=O. The van der Waals surface area contributed by atoms with Crippen molar-refractivity contribution in [2.75, 3.05) is 5.32 Å². The zero-order valence-electron chi connectivity index (χ0n) is 16.6. The monoisotopic (exact) mass is 450 g/mol. The summed E-state index contributed by atoms with van der Waals surface area (Å²) in [6.07, 6.45) is 3.58. The molecule has 0 radical (unpaired) electrons. The maximum Gasteiger partial charge on any atom is 0.418 e. The Morgan fingerprint density at radius 2 is 2.00 bits per heavy atom. The first-order chi connectivity index (χ1) is 14.8. The van der Waals surface area contributed by atoms with E-state index in [0.29, 0.717) is 11.6 Å². The second kappa shape index (κ2) is 8.78. The summed E-state index contributed by atoms with van der Waals surface area (Å²) in [7, 11) is 0. The van der Waals surface area contributed by atoms with Crippen molar-refractivity contribution in [1.29, 1.82) is 0 Å². The van der Waals surface area contributed by atoms with Crippen LogP contribution in [0.5, 0.6) is 0 Å². The molecule has 0 bridgehead atoms. The van der Waals surface area contributed by atoms with Gasteiger partial charge in [-0.15, -0.1) is 11.3 Å². The van der Waals surface area contributed by atoms with Gasteiger partial charge in [0.15, 0.2) is 5.13 Å². The predicted octanol–water partition coefficient (Wildman–Crippen LogP) is 5.02. The van der Waals surface area contributed by atoms with Crippen molar-refractivity contribution in [3.05, 3.63) is 52.0 Å². The molecule has 1 N–H and O–H groups in total. The highest BCUT2D eigenvalue weighted by atomic mass is 32.1. The van der Waals surface area contributed by atoms with Gasteiger partial charge >= 0.3 is 6.18 Å². The van der Waals surface area contributed by atoms with Crippen molar-refractivity contribution in [3.63, 3.8) is 0 Å². The summed E-state index contributed by atoms with van der Waals surface area (Å²) in [5.41, 5.74) is -2.04. The van der Waals surface area contributed by atoms with Crippen molar-refractivity contribution in [2.45, 2.75) is 50.7 Å². The molecule has 2 heterocycles. The third-order valence-electron chi connectivity index (χ3n) is 5.70. The lowest BCUT2D eigenvalue weighted by Crippen LogP contribution is -2.35. The molecule has 1 aliphatic rings. The molecule has 0 aliphatic heterocycles. The van der Waals surface area contributed by atoms with E-state index in [0.717, 1.165) is 44.5 Å². The molecule has 1 unspecified atom stereocenters. The highest BCUT2D eigenvalue weighted by Gasteiger charge is 2.34. The smallest absolute Gasteiger partial charge is 0.300 e. The van der Waals surface area contributed by atoms with Gasteiger partial charge in [0, 0.05) is 11.6 Å². The standard InChI is InChI=1S/C21H21F3N4O2S/c22-21(23,24)15-8-4-7-14-17(15)26-12-28(19(14)30)16(11-13-5-2-1-3-6-13)18(29)27-20-25-9-10-31-20/h4,7-10,12-13,16H,1-3,5-6,11H2,(H,25,27,29). The van der Waals surface area contributed by atoms with Gasteiger partial charge in [0.25, 0.3) is 5.56 Å². The molecule has 0 spiro atoms. The van der Waals surface area contributed by atoms with E-state index >= 15 is 0 Å². The molecule has 1 saturated carbocycles. The maximum absolute atomic E-state index is 13.3. The quantitative estimate of drug-likeness (QED) is 0.592. The molecule has 1 aromatic carbocycles. The third kappa shape index (κ3) is 4.63. The van der Waals surface area contributed by atoms with Gasteiger partial charge in [-0.3, -0.25) is 14.2 Å². The number of para-hydroxylation sites is 1. The fraction of sp³-hybridized carbons (Fsp3) is 0.429. The minimum Gasteiger partial charge on any atom is -0.300 e. The number of nitrogens with one attached hydrogen (secondary N) is 1. The Labute approximate surface area is 180 Å². The van der Waals surface area contributed by atoms with E-state index < -0.39 is 34.8 Å². The molecule has 4 rings (SSSR count). The minimum absolute atomic E-state index is 0.159. The third-order valence-corrected chi connectivity index (χ3v) is 6.39. The highest BCUT2D eigenvalue weighted by molar-refractivity contribution is 7.13. The van der Waals surface area contributed by atoms with Crippen LogP contribution < -0.4 is 10.9 Å². The number of benzene rings is 1. The first kappa shape index (κ1) is 21.5. The second-order valence-electron chi connectivity index (χ2n) is 7.74. The van der Waals surface area contributed by atoms with Crippen LogP contribution in [0.25, 0.3) is 10.9 Å². The van der Waals surface area contributed by atoms with Crippen LogP contribution in [0.4, 0.5) is 18.3 Å². The molecule has 164 valence electrons. The molecule has 3 aromatic rings.